The fraction of sp³-hybridized carbons (Fsp3) is 0.105. The topological polar surface area (TPSA) is 66.9 Å². The van der Waals surface area contributed by atoms with Crippen LogP contribution in [-0.4, -0.2) is 15.9 Å². The first-order valence-corrected chi connectivity index (χ1v) is 8.39. The highest BCUT2D eigenvalue weighted by Crippen LogP contribution is 2.17. The Bertz CT molecular complexity index is 980. The van der Waals surface area contributed by atoms with E-state index in [0.717, 1.165) is 17.7 Å². The highest BCUT2D eigenvalue weighted by molar-refractivity contribution is 6.30. The Morgan fingerprint density at radius 2 is 1.81 bits per heavy atom. The van der Waals surface area contributed by atoms with Crippen molar-refractivity contribution in [1.82, 2.24) is 9.97 Å². The van der Waals surface area contributed by atoms with Crippen molar-refractivity contribution in [3.63, 3.8) is 0 Å². The summed E-state index contributed by atoms with van der Waals surface area (Å²) in [4.78, 5) is 20.7. The van der Waals surface area contributed by atoms with Crippen molar-refractivity contribution in [3.8, 4) is 0 Å². The third kappa shape index (κ3) is 4.98. The van der Waals surface area contributed by atoms with Gasteiger partial charge in [-0.25, -0.2) is 18.7 Å². The Labute approximate surface area is 159 Å². The zero-order valence-electron chi connectivity index (χ0n) is 14.3. The molecule has 1 heterocycles. The largest absolute Gasteiger partial charge is 0.350 e. The Kier molecular flexibility index (Phi) is 5.61. The average Bonchev–Trinajstić information content (AvgIpc) is 2.63. The van der Waals surface area contributed by atoms with Gasteiger partial charge in [-0.1, -0.05) is 23.7 Å². The van der Waals surface area contributed by atoms with Crippen LogP contribution < -0.4 is 10.6 Å². The van der Waals surface area contributed by atoms with Gasteiger partial charge in [0.15, 0.2) is 0 Å². The molecule has 0 bridgehead atoms. The summed E-state index contributed by atoms with van der Waals surface area (Å²) in [5.41, 5.74) is 1.45. The predicted molar refractivity (Wildman–Crippen MR) is 99.9 cm³/mol. The smallest absolute Gasteiger partial charge is 0.274 e. The second kappa shape index (κ2) is 8.09. The summed E-state index contributed by atoms with van der Waals surface area (Å²) >= 11 is 5.85. The minimum absolute atomic E-state index is 0.0600. The maximum atomic E-state index is 13.7. The molecule has 0 aliphatic carbocycles. The van der Waals surface area contributed by atoms with Crippen molar-refractivity contribution >= 4 is 29.1 Å². The van der Waals surface area contributed by atoms with Gasteiger partial charge in [-0.15, -0.1) is 0 Å². The van der Waals surface area contributed by atoms with E-state index in [1.54, 1.807) is 19.1 Å². The SMILES string of the molecule is Cc1cc(C(=O)Nc2ccc(F)cc2F)nc(NCc2ccc(Cl)cc2)n1. The molecule has 5 nitrogen and oxygen atoms in total. The minimum atomic E-state index is -0.866. The third-order valence-electron chi connectivity index (χ3n) is 3.63. The molecule has 2 N–H and O–H groups in total. The van der Waals surface area contributed by atoms with E-state index in [-0.39, 0.29) is 17.3 Å². The monoisotopic (exact) mass is 388 g/mol. The lowest BCUT2D eigenvalue weighted by Gasteiger charge is -2.09. The summed E-state index contributed by atoms with van der Waals surface area (Å²) in [6, 6.07) is 11.6. The average molecular weight is 389 g/mol. The number of carbonyl (C=O) groups is 1. The number of hydrogen-bond acceptors (Lipinski definition) is 4. The highest BCUT2D eigenvalue weighted by Gasteiger charge is 2.13. The quantitative estimate of drug-likeness (QED) is 0.671. The van der Waals surface area contributed by atoms with Gasteiger partial charge >= 0.3 is 0 Å². The Morgan fingerprint density at radius 3 is 2.52 bits per heavy atom. The van der Waals surface area contributed by atoms with E-state index in [9.17, 15) is 13.6 Å². The molecule has 3 rings (SSSR count). The second-order valence-electron chi connectivity index (χ2n) is 5.78. The van der Waals surface area contributed by atoms with Crippen molar-refractivity contribution in [3.05, 3.63) is 82.1 Å². The number of rotatable bonds is 5. The number of benzene rings is 2. The zero-order chi connectivity index (χ0) is 19.4. The summed E-state index contributed by atoms with van der Waals surface area (Å²) in [6.07, 6.45) is 0. The van der Waals surface area contributed by atoms with Gasteiger partial charge in [0.25, 0.3) is 5.91 Å². The molecule has 3 aromatic rings. The zero-order valence-corrected chi connectivity index (χ0v) is 15.0. The van der Waals surface area contributed by atoms with E-state index in [1.807, 2.05) is 12.1 Å². The van der Waals surface area contributed by atoms with Gasteiger partial charge in [-0.05, 0) is 42.8 Å². The van der Waals surface area contributed by atoms with Crippen molar-refractivity contribution in [2.24, 2.45) is 0 Å². The number of halogens is 3. The number of aryl methyl sites for hydroxylation is 1. The van der Waals surface area contributed by atoms with E-state index in [2.05, 4.69) is 20.6 Å². The van der Waals surface area contributed by atoms with Crippen LogP contribution in [0, 0.1) is 18.6 Å². The summed E-state index contributed by atoms with van der Waals surface area (Å²) in [7, 11) is 0. The van der Waals surface area contributed by atoms with Gasteiger partial charge in [-0.3, -0.25) is 4.79 Å². The van der Waals surface area contributed by atoms with Gasteiger partial charge < -0.3 is 10.6 Å². The number of carbonyl (C=O) groups excluding carboxylic acids is 1. The molecule has 0 unspecified atom stereocenters. The molecule has 0 aliphatic heterocycles. The standard InChI is InChI=1S/C19H15ClF2N4O/c1-11-8-17(18(27)25-16-7-6-14(21)9-15(16)22)26-19(24-11)23-10-12-2-4-13(20)5-3-12/h2-9H,10H2,1H3,(H,25,27)(H,23,24,26). The van der Waals surface area contributed by atoms with Gasteiger partial charge in [-0.2, -0.15) is 0 Å². The fourth-order valence-corrected chi connectivity index (χ4v) is 2.45. The molecule has 0 saturated carbocycles. The van der Waals surface area contributed by atoms with Crippen molar-refractivity contribution in [2.75, 3.05) is 10.6 Å². The Morgan fingerprint density at radius 1 is 1.07 bits per heavy atom. The van der Waals surface area contributed by atoms with Crippen LogP contribution >= 0.6 is 11.6 Å². The van der Waals surface area contributed by atoms with Gasteiger partial charge in [0.1, 0.15) is 17.3 Å². The van der Waals surface area contributed by atoms with Crippen LogP contribution in [0.15, 0.2) is 48.5 Å². The number of aromatic nitrogens is 2. The van der Waals surface area contributed by atoms with Gasteiger partial charge in [0.2, 0.25) is 5.95 Å². The minimum Gasteiger partial charge on any atom is -0.350 e. The van der Waals surface area contributed by atoms with Crippen LogP contribution in [-0.2, 0) is 6.54 Å². The van der Waals surface area contributed by atoms with E-state index in [1.165, 1.54) is 6.07 Å². The Hall–Kier alpha value is -3.06. The van der Waals surface area contributed by atoms with Crippen LogP contribution in [0.4, 0.5) is 20.4 Å². The molecule has 0 fully saturated rings. The summed E-state index contributed by atoms with van der Waals surface area (Å²) in [6.45, 7) is 2.15. The number of hydrogen-bond donors (Lipinski definition) is 2. The number of amides is 1. The predicted octanol–water partition coefficient (Wildman–Crippen LogP) is 4.58. The molecular formula is C19H15ClF2N4O. The number of nitrogens with one attached hydrogen (secondary N) is 2. The maximum Gasteiger partial charge on any atom is 0.274 e. The van der Waals surface area contributed by atoms with Crippen molar-refractivity contribution in [2.45, 2.75) is 13.5 Å². The number of nitrogens with zero attached hydrogens (tertiary/aromatic N) is 2. The van der Waals surface area contributed by atoms with Crippen LogP contribution in [0.2, 0.25) is 5.02 Å². The summed E-state index contributed by atoms with van der Waals surface area (Å²) < 4.78 is 26.7. The first kappa shape index (κ1) is 18.7. The lowest BCUT2D eigenvalue weighted by Crippen LogP contribution is -2.17. The van der Waals surface area contributed by atoms with Crippen LogP contribution in [0.1, 0.15) is 21.7 Å². The molecule has 0 spiro atoms. The highest BCUT2D eigenvalue weighted by atomic mass is 35.5. The lowest BCUT2D eigenvalue weighted by atomic mass is 10.2. The Balaban J connectivity index is 1.73. The number of anilines is 2. The van der Waals surface area contributed by atoms with E-state index in [4.69, 9.17) is 11.6 Å². The van der Waals surface area contributed by atoms with Gasteiger partial charge in [0, 0.05) is 23.3 Å². The third-order valence-corrected chi connectivity index (χ3v) is 3.88. The lowest BCUT2D eigenvalue weighted by molar-refractivity contribution is 0.102. The van der Waals surface area contributed by atoms with Crippen LogP contribution in [0.3, 0.4) is 0 Å². The maximum absolute atomic E-state index is 13.7. The van der Waals surface area contributed by atoms with E-state index in [0.29, 0.717) is 23.3 Å². The van der Waals surface area contributed by atoms with E-state index >= 15 is 0 Å². The summed E-state index contributed by atoms with van der Waals surface area (Å²) in [5, 5.41) is 6.04. The van der Waals surface area contributed by atoms with Crippen LogP contribution in [0.25, 0.3) is 0 Å². The fourth-order valence-electron chi connectivity index (χ4n) is 2.32. The van der Waals surface area contributed by atoms with Crippen LogP contribution in [0.5, 0.6) is 0 Å². The van der Waals surface area contributed by atoms with Crippen molar-refractivity contribution in [1.29, 1.82) is 0 Å². The van der Waals surface area contributed by atoms with Gasteiger partial charge in [0.05, 0.1) is 5.69 Å². The first-order chi connectivity index (χ1) is 12.9. The molecule has 2 aromatic carbocycles. The second-order valence-corrected chi connectivity index (χ2v) is 6.21. The van der Waals surface area contributed by atoms with E-state index < -0.39 is 17.5 Å². The molecular weight excluding hydrogens is 374 g/mol. The molecule has 0 aliphatic rings. The molecule has 8 heteroatoms. The first-order valence-electron chi connectivity index (χ1n) is 8.01. The molecule has 1 aromatic heterocycles. The molecule has 0 saturated heterocycles. The molecule has 138 valence electrons. The summed E-state index contributed by atoms with van der Waals surface area (Å²) in [5.74, 6) is -1.96. The molecule has 1 amide bonds. The molecule has 27 heavy (non-hydrogen) atoms. The normalized spacial score (nSPS) is 10.5. The molecule has 0 radical (unpaired) electrons. The van der Waals surface area contributed by atoms with Crippen molar-refractivity contribution < 1.29 is 13.6 Å². The molecule has 0 atom stereocenters.